The first-order valence-corrected chi connectivity index (χ1v) is 14.5. The van der Waals surface area contributed by atoms with Crippen molar-refractivity contribution < 1.29 is 4.79 Å². The van der Waals surface area contributed by atoms with Gasteiger partial charge >= 0.3 is 119 Å². The van der Waals surface area contributed by atoms with Crippen molar-refractivity contribution in [2.75, 3.05) is 11.9 Å². The molecule has 19 heavy (non-hydrogen) atoms. The predicted molar refractivity (Wildman–Crippen MR) is 82.7 cm³/mol. The summed E-state index contributed by atoms with van der Waals surface area (Å²) >= 11 is -1.93. The molecule has 1 saturated heterocycles. The Balaban J connectivity index is 1.97. The summed E-state index contributed by atoms with van der Waals surface area (Å²) in [6, 6.07) is 10.7. The van der Waals surface area contributed by atoms with Gasteiger partial charge in [0.15, 0.2) is 0 Å². The average Bonchev–Trinajstić information content (AvgIpc) is 2.55. The Morgan fingerprint density at radius 3 is 2.58 bits per heavy atom. The fraction of sp³-hybridized carbons (Fsp3) is 0.562. The molecule has 1 aromatic carbocycles. The number of hydrogen-bond donors (Lipinski definition) is 0. The first-order chi connectivity index (χ1) is 9.07. The minimum atomic E-state index is -1.93. The summed E-state index contributed by atoms with van der Waals surface area (Å²) < 4.78 is 0. The van der Waals surface area contributed by atoms with Crippen LogP contribution in [0.25, 0.3) is 0 Å². The molecule has 0 saturated carbocycles. The third kappa shape index (κ3) is 4.68. The number of benzene rings is 1. The summed E-state index contributed by atoms with van der Waals surface area (Å²) in [6.45, 7) is 0.988. The van der Waals surface area contributed by atoms with Gasteiger partial charge in [0.05, 0.1) is 0 Å². The van der Waals surface area contributed by atoms with Crippen molar-refractivity contribution in [2.45, 2.75) is 42.4 Å². The van der Waals surface area contributed by atoms with Crippen molar-refractivity contribution in [3.05, 3.63) is 35.9 Å². The van der Waals surface area contributed by atoms with Gasteiger partial charge in [-0.25, -0.2) is 0 Å². The summed E-state index contributed by atoms with van der Waals surface area (Å²) in [5, 5.41) is 2.28. The third-order valence-electron chi connectivity index (χ3n) is 3.82. The molecule has 1 amide bonds. The Morgan fingerprint density at radius 1 is 1.11 bits per heavy atom. The second-order valence-electron chi connectivity index (χ2n) is 6.45. The van der Waals surface area contributed by atoms with Crippen LogP contribution in [0.4, 0.5) is 0 Å². The molecule has 0 aromatic heterocycles. The number of likely N-dealkylation sites (tertiary alicyclic amines) is 1. The number of carbonyl (C=O) groups is 1. The molecule has 0 radical (unpaired) electrons. The summed E-state index contributed by atoms with van der Waals surface area (Å²) in [5.74, 6) is 5.29. The van der Waals surface area contributed by atoms with Crippen molar-refractivity contribution >= 4 is 19.2 Å². The van der Waals surface area contributed by atoms with Crippen LogP contribution in [-0.4, -0.2) is 36.0 Å². The van der Waals surface area contributed by atoms with Gasteiger partial charge in [0, 0.05) is 0 Å². The van der Waals surface area contributed by atoms with Gasteiger partial charge in [0.1, 0.15) is 0 Å². The molecule has 0 unspecified atom stereocenters. The van der Waals surface area contributed by atoms with Crippen LogP contribution >= 0.6 is 0 Å². The van der Waals surface area contributed by atoms with Crippen LogP contribution in [-0.2, 0) is 10.0 Å². The van der Waals surface area contributed by atoms with Crippen LogP contribution in [0.1, 0.15) is 31.2 Å². The SMILES string of the molecule is [CH3][Ge]([CH3])([CH2]c1ccccc1)[CH2]N1CCCCCC1=O. The molecule has 0 atom stereocenters. The van der Waals surface area contributed by atoms with Crippen molar-refractivity contribution in [3.8, 4) is 0 Å². The van der Waals surface area contributed by atoms with Crippen LogP contribution in [0.15, 0.2) is 30.3 Å². The maximum atomic E-state index is 12.1. The molecule has 1 heterocycles. The third-order valence-corrected chi connectivity index (χ3v) is 9.28. The fourth-order valence-corrected chi connectivity index (χ4v) is 8.84. The molecule has 1 fully saturated rings. The Labute approximate surface area is 119 Å². The molecule has 0 spiro atoms. The quantitative estimate of drug-likeness (QED) is 0.779. The summed E-state index contributed by atoms with van der Waals surface area (Å²) in [5.41, 5.74) is 1.44. The molecular formula is C16H25GeNO. The van der Waals surface area contributed by atoms with Gasteiger partial charge < -0.3 is 0 Å². The minimum absolute atomic E-state index is 0.393. The van der Waals surface area contributed by atoms with Crippen molar-refractivity contribution in [2.24, 2.45) is 0 Å². The summed E-state index contributed by atoms with van der Waals surface area (Å²) in [7, 11) is 0. The molecule has 1 aliphatic rings. The number of nitrogens with zero attached hydrogens (tertiary/aromatic N) is 1. The Hall–Kier alpha value is -0.767. The number of hydrogen-bond acceptors (Lipinski definition) is 1. The van der Waals surface area contributed by atoms with Gasteiger partial charge in [-0.15, -0.1) is 0 Å². The van der Waals surface area contributed by atoms with E-state index in [1.807, 2.05) is 0 Å². The zero-order chi connectivity index (χ0) is 13.7. The first kappa shape index (κ1) is 14.6. The van der Waals surface area contributed by atoms with E-state index in [9.17, 15) is 4.79 Å². The number of rotatable bonds is 4. The van der Waals surface area contributed by atoms with E-state index in [4.69, 9.17) is 0 Å². The van der Waals surface area contributed by atoms with E-state index in [1.54, 1.807) is 0 Å². The van der Waals surface area contributed by atoms with Crippen LogP contribution in [0.5, 0.6) is 0 Å². The fourth-order valence-electron chi connectivity index (χ4n) is 2.93. The van der Waals surface area contributed by atoms with E-state index in [-0.39, 0.29) is 0 Å². The Kier molecular flexibility index (Phi) is 5.08. The molecule has 104 valence electrons. The van der Waals surface area contributed by atoms with E-state index in [0.717, 1.165) is 24.8 Å². The zero-order valence-corrected chi connectivity index (χ0v) is 14.3. The molecule has 2 rings (SSSR count). The summed E-state index contributed by atoms with van der Waals surface area (Å²) in [4.78, 5) is 14.3. The second-order valence-corrected chi connectivity index (χ2v) is 16.9. The molecular weight excluding hydrogens is 295 g/mol. The molecule has 0 N–H and O–H groups in total. The van der Waals surface area contributed by atoms with Crippen molar-refractivity contribution in [3.63, 3.8) is 0 Å². The standard InChI is InChI=1S/C16H25GeNO/c1-17(2,13-15-9-5-3-6-10-15)14-18-12-8-4-7-11-16(18)19/h3,5-6,9-10H,4,7-8,11-14H2,1-2H3. The van der Waals surface area contributed by atoms with E-state index < -0.39 is 13.3 Å². The van der Waals surface area contributed by atoms with Gasteiger partial charge in [0.2, 0.25) is 0 Å². The molecule has 1 aromatic rings. The maximum absolute atomic E-state index is 12.1. The van der Waals surface area contributed by atoms with E-state index >= 15 is 0 Å². The van der Waals surface area contributed by atoms with E-state index in [2.05, 4.69) is 46.7 Å². The zero-order valence-electron chi connectivity index (χ0n) is 12.2. The van der Waals surface area contributed by atoms with Crippen LogP contribution < -0.4 is 0 Å². The second kappa shape index (κ2) is 6.60. The van der Waals surface area contributed by atoms with Crippen LogP contribution in [0.2, 0.25) is 11.5 Å². The Bertz CT molecular complexity index is 416. The first-order valence-electron chi connectivity index (χ1n) is 7.39. The summed E-state index contributed by atoms with van der Waals surface area (Å²) in [6.07, 6.45) is 4.26. The molecule has 2 nitrogen and oxygen atoms in total. The Morgan fingerprint density at radius 2 is 1.84 bits per heavy atom. The topological polar surface area (TPSA) is 20.3 Å². The number of carbonyl (C=O) groups excluding carboxylic acids is 1. The molecule has 0 aliphatic carbocycles. The molecule has 1 aliphatic heterocycles. The molecule has 3 heteroatoms. The normalized spacial score (nSPS) is 17.4. The van der Waals surface area contributed by atoms with Gasteiger partial charge in [-0.1, -0.05) is 0 Å². The number of amides is 1. The van der Waals surface area contributed by atoms with Gasteiger partial charge in [0.25, 0.3) is 0 Å². The monoisotopic (exact) mass is 321 g/mol. The van der Waals surface area contributed by atoms with Gasteiger partial charge in [-0.2, -0.15) is 0 Å². The van der Waals surface area contributed by atoms with E-state index in [1.165, 1.54) is 23.7 Å². The van der Waals surface area contributed by atoms with E-state index in [0.29, 0.717) is 5.91 Å². The van der Waals surface area contributed by atoms with Gasteiger partial charge in [-0.3, -0.25) is 0 Å². The van der Waals surface area contributed by atoms with Crippen LogP contribution in [0.3, 0.4) is 0 Å². The molecule has 0 bridgehead atoms. The van der Waals surface area contributed by atoms with Crippen molar-refractivity contribution in [1.82, 2.24) is 4.90 Å². The predicted octanol–water partition coefficient (Wildman–Crippen LogP) is 3.42. The van der Waals surface area contributed by atoms with Crippen molar-refractivity contribution in [1.29, 1.82) is 0 Å². The van der Waals surface area contributed by atoms with Crippen LogP contribution in [0, 0.1) is 0 Å². The average molecular weight is 320 g/mol. The van der Waals surface area contributed by atoms with Gasteiger partial charge in [-0.05, 0) is 0 Å².